The molecule has 1 aromatic carbocycles. The number of aromatic hydroxyl groups is 1. The van der Waals surface area contributed by atoms with Crippen molar-refractivity contribution >= 4 is 21.9 Å². The van der Waals surface area contributed by atoms with E-state index in [2.05, 4.69) is 15.9 Å². The topological polar surface area (TPSA) is 57.5 Å². The van der Waals surface area contributed by atoms with Gasteiger partial charge in [-0.05, 0) is 34.5 Å². The first kappa shape index (κ1) is 9.98. The number of phenols is 1. The van der Waals surface area contributed by atoms with Crippen LogP contribution in [-0.2, 0) is 0 Å². The summed E-state index contributed by atoms with van der Waals surface area (Å²) < 4.78 is 12.8. The van der Waals surface area contributed by atoms with Crippen LogP contribution < -0.4 is 0 Å². The summed E-state index contributed by atoms with van der Waals surface area (Å²) in [6.45, 7) is 1.43. The Morgan fingerprint density at radius 2 is 2.15 bits per heavy atom. The quantitative estimate of drug-likeness (QED) is 0.802. The highest BCUT2D eigenvalue weighted by Gasteiger charge is 2.17. The molecule has 2 N–H and O–H groups in total. The number of carboxylic acids is 1. The summed E-state index contributed by atoms with van der Waals surface area (Å²) >= 11 is 2.75. The molecule has 0 aromatic heterocycles. The standard InChI is InChI=1S/C8H6BrFO3/c1-3-2-4(8(12)13)5(9)6(10)7(3)11/h2,11H,1H3,(H,12,13). The monoisotopic (exact) mass is 248 g/mol. The van der Waals surface area contributed by atoms with E-state index in [1.54, 1.807) is 0 Å². The molecule has 0 heterocycles. The third kappa shape index (κ3) is 1.65. The van der Waals surface area contributed by atoms with E-state index in [9.17, 15) is 9.18 Å². The maximum Gasteiger partial charge on any atom is 0.336 e. The molecule has 13 heavy (non-hydrogen) atoms. The normalized spacial score (nSPS) is 10.1. The zero-order chi connectivity index (χ0) is 10.2. The smallest absolute Gasteiger partial charge is 0.336 e. The van der Waals surface area contributed by atoms with Crippen molar-refractivity contribution in [3.63, 3.8) is 0 Å². The van der Waals surface area contributed by atoms with Crippen molar-refractivity contribution in [1.82, 2.24) is 0 Å². The van der Waals surface area contributed by atoms with E-state index in [-0.39, 0.29) is 15.6 Å². The van der Waals surface area contributed by atoms with Gasteiger partial charge in [-0.1, -0.05) is 0 Å². The summed E-state index contributed by atoms with van der Waals surface area (Å²) in [5, 5.41) is 17.7. The number of aromatic carboxylic acids is 1. The summed E-state index contributed by atoms with van der Waals surface area (Å²) in [6, 6.07) is 1.20. The summed E-state index contributed by atoms with van der Waals surface area (Å²) in [6.07, 6.45) is 0. The number of halogens is 2. The fourth-order valence-electron chi connectivity index (χ4n) is 0.899. The lowest BCUT2D eigenvalue weighted by molar-refractivity contribution is 0.0695. The largest absolute Gasteiger partial charge is 0.505 e. The van der Waals surface area contributed by atoms with Crippen molar-refractivity contribution in [2.75, 3.05) is 0 Å². The molecular formula is C8H6BrFO3. The Balaban J connectivity index is 3.50. The second-order valence-corrected chi connectivity index (χ2v) is 3.32. The van der Waals surface area contributed by atoms with Crippen molar-refractivity contribution in [2.45, 2.75) is 6.92 Å². The number of phenolic OH excluding ortho intramolecular Hbond substituents is 1. The second kappa shape index (κ2) is 3.33. The predicted molar refractivity (Wildman–Crippen MR) is 47.5 cm³/mol. The first-order valence-corrected chi connectivity index (χ1v) is 4.15. The number of benzene rings is 1. The first-order chi connectivity index (χ1) is 5.95. The van der Waals surface area contributed by atoms with Crippen molar-refractivity contribution in [2.24, 2.45) is 0 Å². The average molecular weight is 249 g/mol. The fourth-order valence-corrected chi connectivity index (χ4v) is 1.37. The van der Waals surface area contributed by atoms with Gasteiger partial charge in [0.15, 0.2) is 11.6 Å². The van der Waals surface area contributed by atoms with Crippen LogP contribution >= 0.6 is 15.9 Å². The van der Waals surface area contributed by atoms with Gasteiger partial charge in [0.25, 0.3) is 0 Å². The van der Waals surface area contributed by atoms with Crippen LogP contribution in [0.25, 0.3) is 0 Å². The van der Waals surface area contributed by atoms with Gasteiger partial charge in [0.1, 0.15) is 0 Å². The number of aryl methyl sites for hydroxylation is 1. The van der Waals surface area contributed by atoms with Crippen molar-refractivity contribution < 1.29 is 19.4 Å². The summed E-state index contributed by atoms with van der Waals surface area (Å²) in [4.78, 5) is 10.6. The summed E-state index contributed by atoms with van der Waals surface area (Å²) in [7, 11) is 0. The molecule has 0 radical (unpaired) electrons. The molecule has 0 unspecified atom stereocenters. The Morgan fingerprint density at radius 1 is 1.62 bits per heavy atom. The van der Waals surface area contributed by atoms with Crippen molar-refractivity contribution in [1.29, 1.82) is 0 Å². The third-order valence-electron chi connectivity index (χ3n) is 1.60. The Morgan fingerprint density at radius 3 is 2.62 bits per heavy atom. The Kier molecular flexibility index (Phi) is 2.56. The minimum Gasteiger partial charge on any atom is -0.505 e. The molecule has 0 aliphatic carbocycles. The number of carbonyl (C=O) groups is 1. The SMILES string of the molecule is Cc1cc(C(=O)O)c(Br)c(F)c1O. The molecule has 1 aromatic rings. The molecule has 0 amide bonds. The number of hydrogen-bond acceptors (Lipinski definition) is 2. The molecule has 1 rings (SSSR count). The lowest BCUT2D eigenvalue weighted by Gasteiger charge is -2.05. The van der Waals surface area contributed by atoms with Gasteiger partial charge in [-0.25, -0.2) is 9.18 Å². The molecule has 5 heteroatoms. The fraction of sp³-hybridized carbons (Fsp3) is 0.125. The van der Waals surface area contributed by atoms with Crippen molar-refractivity contribution in [3.8, 4) is 5.75 Å². The van der Waals surface area contributed by atoms with Gasteiger partial charge < -0.3 is 10.2 Å². The highest BCUT2D eigenvalue weighted by Crippen LogP contribution is 2.30. The molecule has 0 saturated carbocycles. The van der Waals surface area contributed by atoms with Gasteiger partial charge in [0.2, 0.25) is 0 Å². The van der Waals surface area contributed by atoms with E-state index >= 15 is 0 Å². The van der Waals surface area contributed by atoms with Crippen LogP contribution in [0.4, 0.5) is 4.39 Å². The van der Waals surface area contributed by atoms with Crippen LogP contribution in [0.1, 0.15) is 15.9 Å². The highest BCUT2D eigenvalue weighted by atomic mass is 79.9. The number of rotatable bonds is 1. The van der Waals surface area contributed by atoms with Gasteiger partial charge in [0.05, 0.1) is 10.0 Å². The van der Waals surface area contributed by atoms with Crippen LogP contribution in [0.15, 0.2) is 10.5 Å². The molecule has 3 nitrogen and oxygen atoms in total. The van der Waals surface area contributed by atoms with E-state index in [1.807, 2.05) is 0 Å². The maximum absolute atomic E-state index is 13.1. The zero-order valence-electron chi connectivity index (χ0n) is 6.64. The van der Waals surface area contributed by atoms with Crippen LogP contribution in [0.5, 0.6) is 5.75 Å². The summed E-state index contributed by atoms with van der Waals surface area (Å²) in [5.41, 5.74) is -0.00843. The number of carboxylic acid groups (broad SMARTS) is 1. The first-order valence-electron chi connectivity index (χ1n) is 3.36. The minimum atomic E-state index is -1.24. The van der Waals surface area contributed by atoms with E-state index in [1.165, 1.54) is 13.0 Å². The average Bonchev–Trinajstić information content (AvgIpc) is 2.07. The van der Waals surface area contributed by atoms with Crippen molar-refractivity contribution in [3.05, 3.63) is 27.5 Å². The molecule has 0 aliphatic rings. The molecule has 0 fully saturated rings. The van der Waals surface area contributed by atoms with E-state index in [0.717, 1.165) is 0 Å². The predicted octanol–water partition coefficient (Wildman–Crippen LogP) is 2.30. The molecule has 0 atom stereocenters. The Hall–Kier alpha value is -1.10. The Bertz CT molecular complexity index is 376. The zero-order valence-corrected chi connectivity index (χ0v) is 8.22. The second-order valence-electron chi connectivity index (χ2n) is 2.52. The lowest BCUT2D eigenvalue weighted by atomic mass is 10.1. The highest BCUT2D eigenvalue weighted by molar-refractivity contribution is 9.10. The number of hydrogen-bond donors (Lipinski definition) is 2. The molecule has 70 valence electrons. The van der Waals surface area contributed by atoms with Crippen LogP contribution in [0.3, 0.4) is 0 Å². The van der Waals surface area contributed by atoms with Crippen LogP contribution in [0, 0.1) is 12.7 Å². The van der Waals surface area contributed by atoms with E-state index < -0.39 is 17.5 Å². The van der Waals surface area contributed by atoms with E-state index in [0.29, 0.717) is 0 Å². The molecule has 0 aliphatic heterocycles. The Labute approximate surface area is 81.9 Å². The minimum absolute atomic E-state index is 0.193. The molecule has 0 spiro atoms. The molecular weight excluding hydrogens is 243 g/mol. The summed E-state index contributed by atoms with van der Waals surface area (Å²) in [5.74, 6) is -2.72. The maximum atomic E-state index is 13.1. The van der Waals surface area contributed by atoms with Gasteiger partial charge in [-0.3, -0.25) is 0 Å². The molecule has 0 bridgehead atoms. The van der Waals surface area contributed by atoms with E-state index in [4.69, 9.17) is 10.2 Å². The van der Waals surface area contributed by atoms with Crippen LogP contribution in [0.2, 0.25) is 0 Å². The van der Waals surface area contributed by atoms with Gasteiger partial charge >= 0.3 is 5.97 Å². The van der Waals surface area contributed by atoms with Crippen LogP contribution in [-0.4, -0.2) is 16.2 Å². The molecule has 0 saturated heterocycles. The van der Waals surface area contributed by atoms with Gasteiger partial charge in [-0.2, -0.15) is 0 Å². The third-order valence-corrected chi connectivity index (χ3v) is 2.38. The van der Waals surface area contributed by atoms with Gasteiger partial charge in [0, 0.05) is 0 Å². The lowest BCUT2D eigenvalue weighted by Crippen LogP contribution is -2.00. The van der Waals surface area contributed by atoms with Gasteiger partial charge in [-0.15, -0.1) is 0 Å².